The van der Waals surface area contributed by atoms with Crippen molar-refractivity contribution < 1.29 is 9.26 Å². The normalized spacial score (nSPS) is 11.1. The van der Waals surface area contributed by atoms with E-state index in [1.807, 2.05) is 20.9 Å². The van der Waals surface area contributed by atoms with Crippen molar-refractivity contribution in [3.05, 3.63) is 40.5 Å². The zero-order valence-electron chi connectivity index (χ0n) is 13.4. The van der Waals surface area contributed by atoms with E-state index < -0.39 is 0 Å². The van der Waals surface area contributed by atoms with Gasteiger partial charge in [0, 0.05) is 12.5 Å². The summed E-state index contributed by atoms with van der Waals surface area (Å²) in [5, 5.41) is 7.09. The maximum absolute atomic E-state index is 5.87. The molecule has 0 saturated carbocycles. The van der Waals surface area contributed by atoms with Crippen LogP contribution in [0.3, 0.4) is 0 Å². The van der Waals surface area contributed by atoms with Crippen molar-refractivity contribution in [2.45, 2.75) is 46.8 Å². The lowest BCUT2D eigenvalue weighted by Crippen LogP contribution is -2.07. The molecule has 0 atom stereocenters. The molecule has 0 aliphatic carbocycles. The van der Waals surface area contributed by atoms with Gasteiger partial charge >= 0.3 is 0 Å². The molecule has 0 aliphatic rings. The molecule has 0 spiro atoms. The van der Waals surface area contributed by atoms with Crippen LogP contribution in [0.25, 0.3) is 0 Å². The minimum atomic E-state index is 0.232. The molecule has 114 valence electrons. The zero-order valence-corrected chi connectivity index (χ0v) is 13.4. The molecular formula is C16H23N3O2. The van der Waals surface area contributed by atoms with E-state index >= 15 is 0 Å². The van der Waals surface area contributed by atoms with Crippen LogP contribution in [0.1, 0.15) is 48.2 Å². The third-order valence-electron chi connectivity index (χ3n) is 3.22. The smallest absolute Gasteiger partial charge is 0.229 e. The highest BCUT2D eigenvalue weighted by molar-refractivity contribution is 5.43. The fourth-order valence-electron chi connectivity index (χ4n) is 2.27. The van der Waals surface area contributed by atoms with E-state index in [1.54, 1.807) is 0 Å². The van der Waals surface area contributed by atoms with Crippen LogP contribution in [0.4, 0.5) is 0 Å². The average molecular weight is 289 g/mol. The van der Waals surface area contributed by atoms with E-state index in [2.05, 4.69) is 41.4 Å². The van der Waals surface area contributed by atoms with Gasteiger partial charge in [-0.2, -0.15) is 4.98 Å². The number of aryl methyl sites for hydroxylation is 2. The second-order valence-electron chi connectivity index (χ2n) is 5.58. The SMILES string of the molecule is CNCc1cc(C)c(OCc2noc(C(C)C)n2)c(C)c1. The summed E-state index contributed by atoms with van der Waals surface area (Å²) < 4.78 is 11.1. The predicted molar refractivity (Wildman–Crippen MR) is 81.4 cm³/mol. The van der Waals surface area contributed by atoms with Gasteiger partial charge in [-0.15, -0.1) is 0 Å². The molecule has 0 radical (unpaired) electrons. The number of ether oxygens (including phenoxy) is 1. The van der Waals surface area contributed by atoms with E-state index in [-0.39, 0.29) is 5.92 Å². The Morgan fingerprint density at radius 3 is 2.43 bits per heavy atom. The summed E-state index contributed by atoms with van der Waals surface area (Å²) in [7, 11) is 1.94. The summed E-state index contributed by atoms with van der Waals surface area (Å²) in [6, 6.07) is 4.27. The van der Waals surface area contributed by atoms with E-state index in [1.165, 1.54) is 5.56 Å². The third kappa shape index (κ3) is 3.82. The highest BCUT2D eigenvalue weighted by Gasteiger charge is 2.12. The second kappa shape index (κ2) is 6.72. The van der Waals surface area contributed by atoms with Crippen molar-refractivity contribution in [3.8, 4) is 5.75 Å². The van der Waals surface area contributed by atoms with E-state index in [9.17, 15) is 0 Å². The lowest BCUT2D eigenvalue weighted by molar-refractivity contribution is 0.281. The van der Waals surface area contributed by atoms with Crippen LogP contribution < -0.4 is 10.1 Å². The summed E-state index contributed by atoms with van der Waals surface area (Å²) in [5.74, 6) is 2.35. The number of hydrogen-bond acceptors (Lipinski definition) is 5. The molecular weight excluding hydrogens is 266 g/mol. The van der Waals surface area contributed by atoms with Crippen molar-refractivity contribution in [3.63, 3.8) is 0 Å². The molecule has 21 heavy (non-hydrogen) atoms. The molecule has 1 aromatic carbocycles. The van der Waals surface area contributed by atoms with Gasteiger partial charge in [0.25, 0.3) is 0 Å². The molecule has 0 bridgehead atoms. The third-order valence-corrected chi connectivity index (χ3v) is 3.22. The number of hydrogen-bond donors (Lipinski definition) is 1. The number of benzene rings is 1. The fourth-order valence-corrected chi connectivity index (χ4v) is 2.27. The monoisotopic (exact) mass is 289 g/mol. The van der Waals surface area contributed by atoms with Crippen LogP contribution in [0.15, 0.2) is 16.7 Å². The van der Waals surface area contributed by atoms with Gasteiger partial charge in [0.05, 0.1) is 0 Å². The van der Waals surface area contributed by atoms with Crippen LogP contribution in [-0.4, -0.2) is 17.2 Å². The molecule has 1 aromatic heterocycles. The Morgan fingerprint density at radius 2 is 1.90 bits per heavy atom. The van der Waals surface area contributed by atoms with E-state index in [0.717, 1.165) is 23.4 Å². The van der Waals surface area contributed by atoms with Crippen molar-refractivity contribution in [1.82, 2.24) is 15.5 Å². The van der Waals surface area contributed by atoms with Crippen LogP contribution in [0.5, 0.6) is 5.75 Å². The van der Waals surface area contributed by atoms with Gasteiger partial charge in [0.15, 0.2) is 6.61 Å². The maximum Gasteiger partial charge on any atom is 0.229 e. The highest BCUT2D eigenvalue weighted by Crippen LogP contribution is 2.25. The molecule has 0 saturated heterocycles. The Kier molecular flexibility index (Phi) is 4.96. The van der Waals surface area contributed by atoms with Gasteiger partial charge in [-0.05, 0) is 37.6 Å². The topological polar surface area (TPSA) is 60.2 Å². The first kappa shape index (κ1) is 15.5. The molecule has 2 aromatic rings. The fraction of sp³-hybridized carbons (Fsp3) is 0.500. The average Bonchev–Trinajstić information content (AvgIpc) is 2.87. The predicted octanol–water partition coefficient (Wildman–Crippen LogP) is 3.11. The lowest BCUT2D eigenvalue weighted by atomic mass is 10.1. The molecule has 0 unspecified atom stereocenters. The molecule has 5 heteroatoms. The van der Waals surface area contributed by atoms with E-state index in [0.29, 0.717) is 18.3 Å². The molecule has 1 N–H and O–H groups in total. The minimum absolute atomic E-state index is 0.232. The Morgan fingerprint density at radius 1 is 1.24 bits per heavy atom. The minimum Gasteiger partial charge on any atom is -0.485 e. The number of rotatable bonds is 6. The van der Waals surface area contributed by atoms with Gasteiger partial charge < -0.3 is 14.6 Å². The Balaban J connectivity index is 2.08. The van der Waals surface area contributed by atoms with Gasteiger partial charge in [0.2, 0.25) is 11.7 Å². The molecule has 0 fully saturated rings. The number of nitrogens with one attached hydrogen (secondary N) is 1. The van der Waals surface area contributed by atoms with Crippen molar-refractivity contribution in [2.24, 2.45) is 0 Å². The van der Waals surface area contributed by atoms with Gasteiger partial charge in [-0.25, -0.2) is 0 Å². The Bertz CT molecular complexity index is 582. The van der Waals surface area contributed by atoms with Gasteiger partial charge in [-0.3, -0.25) is 0 Å². The van der Waals surface area contributed by atoms with Gasteiger partial charge in [-0.1, -0.05) is 31.1 Å². The highest BCUT2D eigenvalue weighted by atomic mass is 16.5. The zero-order chi connectivity index (χ0) is 15.4. The van der Waals surface area contributed by atoms with Crippen LogP contribution in [0.2, 0.25) is 0 Å². The molecule has 0 aliphatic heterocycles. The molecule has 0 amide bonds. The summed E-state index contributed by atoms with van der Waals surface area (Å²) in [5.41, 5.74) is 3.49. The van der Waals surface area contributed by atoms with Crippen molar-refractivity contribution in [1.29, 1.82) is 0 Å². The number of nitrogens with zero attached hydrogens (tertiary/aromatic N) is 2. The molecule has 1 heterocycles. The van der Waals surface area contributed by atoms with Crippen LogP contribution in [0, 0.1) is 13.8 Å². The maximum atomic E-state index is 5.87. The molecule has 5 nitrogen and oxygen atoms in total. The summed E-state index contributed by atoms with van der Waals surface area (Å²) in [6.07, 6.45) is 0. The van der Waals surface area contributed by atoms with Crippen LogP contribution in [-0.2, 0) is 13.2 Å². The Labute approximate surface area is 125 Å². The first-order chi connectivity index (χ1) is 10.0. The Hall–Kier alpha value is -1.88. The van der Waals surface area contributed by atoms with E-state index in [4.69, 9.17) is 9.26 Å². The van der Waals surface area contributed by atoms with Crippen molar-refractivity contribution >= 4 is 0 Å². The second-order valence-corrected chi connectivity index (χ2v) is 5.58. The largest absolute Gasteiger partial charge is 0.485 e. The van der Waals surface area contributed by atoms with Crippen LogP contribution >= 0.6 is 0 Å². The molecule has 2 rings (SSSR count). The first-order valence-electron chi connectivity index (χ1n) is 7.21. The van der Waals surface area contributed by atoms with Crippen molar-refractivity contribution in [2.75, 3.05) is 7.05 Å². The number of aromatic nitrogens is 2. The summed E-state index contributed by atoms with van der Waals surface area (Å²) in [6.45, 7) is 9.32. The quantitative estimate of drug-likeness (QED) is 0.885. The van der Waals surface area contributed by atoms with Gasteiger partial charge in [0.1, 0.15) is 5.75 Å². The standard InChI is InChI=1S/C16H23N3O2/c1-10(2)16-18-14(19-21-16)9-20-15-11(3)6-13(8-17-5)7-12(15)4/h6-7,10,17H,8-9H2,1-5H3. The summed E-state index contributed by atoms with van der Waals surface area (Å²) in [4.78, 5) is 4.32. The lowest BCUT2D eigenvalue weighted by Gasteiger charge is -2.13. The summed E-state index contributed by atoms with van der Waals surface area (Å²) >= 11 is 0. The first-order valence-corrected chi connectivity index (χ1v) is 7.21.